The molecule has 1 aliphatic carbocycles. The summed E-state index contributed by atoms with van der Waals surface area (Å²) in [6.45, 7) is 8.59. The number of fused-ring (bicyclic) bond motifs is 1. The van der Waals surface area contributed by atoms with Gasteiger partial charge in [0, 0.05) is 25.2 Å². The fraction of sp³-hybridized carbons (Fsp3) is 0.667. The molecule has 0 N–H and O–H groups in total. The van der Waals surface area contributed by atoms with Crippen LogP contribution in [0.25, 0.3) is 0 Å². The predicted molar refractivity (Wildman–Crippen MR) is 83.3 cm³/mol. The highest BCUT2D eigenvalue weighted by Crippen LogP contribution is 2.30. The van der Waals surface area contributed by atoms with E-state index in [1.807, 2.05) is 0 Å². The minimum absolute atomic E-state index is 0.837. The predicted octanol–water partition coefficient (Wildman–Crippen LogP) is 4.08. The molecule has 0 radical (unpaired) electrons. The fourth-order valence-electron chi connectivity index (χ4n) is 3.85. The molecule has 2 heteroatoms. The highest BCUT2D eigenvalue weighted by molar-refractivity contribution is 5.44. The smallest absolute Gasteiger partial charge is 0.126 e. The standard InChI is InChI=1S/C18H27NO/c1-14-10-15(2)18-17(11-14)13-19(8-9-20-18)12-16-6-4-3-5-7-16/h10-11,16H,3-9,12-13H2,1-2H3. The van der Waals surface area contributed by atoms with Gasteiger partial charge in [0.1, 0.15) is 12.4 Å². The van der Waals surface area contributed by atoms with Crippen molar-refractivity contribution in [2.24, 2.45) is 5.92 Å². The van der Waals surface area contributed by atoms with Gasteiger partial charge < -0.3 is 4.74 Å². The van der Waals surface area contributed by atoms with Gasteiger partial charge in [0.2, 0.25) is 0 Å². The number of hydrogen-bond acceptors (Lipinski definition) is 2. The van der Waals surface area contributed by atoms with Gasteiger partial charge in [-0.2, -0.15) is 0 Å². The second-order valence-corrected chi connectivity index (χ2v) is 6.66. The summed E-state index contributed by atoms with van der Waals surface area (Å²) in [5.41, 5.74) is 4.03. The van der Waals surface area contributed by atoms with Gasteiger partial charge in [-0.15, -0.1) is 0 Å². The van der Waals surface area contributed by atoms with Crippen LogP contribution < -0.4 is 4.74 Å². The molecular weight excluding hydrogens is 246 g/mol. The van der Waals surface area contributed by atoms with Gasteiger partial charge in [0.25, 0.3) is 0 Å². The van der Waals surface area contributed by atoms with Crippen LogP contribution in [-0.2, 0) is 6.54 Å². The number of benzene rings is 1. The van der Waals surface area contributed by atoms with Gasteiger partial charge in [0.15, 0.2) is 0 Å². The third-order valence-electron chi connectivity index (χ3n) is 4.78. The first kappa shape index (κ1) is 13.9. The van der Waals surface area contributed by atoms with Gasteiger partial charge in [-0.1, -0.05) is 37.0 Å². The number of hydrogen-bond donors (Lipinski definition) is 0. The Morgan fingerprint density at radius 1 is 1.15 bits per heavy atom. The van der Waals surface area contributed by atoms with Gasteiger partial charge in [-0.05, 0) is 38.2 Å². The molecule has 2 nitrogen and oxygen atoms in total. The molecular formula is C18H27NO. The molecule has 2 aliphatic rings. The van der Waals surface area contributed by atoms with E-state index in [-0.39, 0.29) is 0 Å². The Morgan fingerprint density at radius 3 is 2.75 bits per heavy atom. The van der Waals surface area contributed by atoms with Crippen molar-refractivity contribution in [1.82, 2.24) is 4.90 Å². The van der Waals surface area contributed by atoms with Crippen molar-refractivity contribution in [2.45, 2.75) is 52.5 Å². The Morgan fingerprint density at radius 2 is 1.95 bits per heavy atom. The van der Waals surface area contributed by atoms with E-state index in [9.17, 15) is 0 Å². The molecule has 110 valence electrons. The van der Waals surface area contributed by atoms with E-state index in [0.717, 1.165) is 31.4 Å². The minimum atomic E-state index is 0.837. The number of ether oxygens (including phenoxy) is 1. The van der Waals surface area contributed by atoms with Crippen molar-refractivity contribution in [1.29, 1.82) is 0 Å². The van der Waals surface area contributed by atoms with Crippen LogP contribution in [0.5, 0.6) is 5.75 Å². The second kappa shape index (κ2) is 6.17. The van der Waals surface area contributed by atoms with Crippen molar-refractivity contribution in [2.75, 3.05) is 19.7 Å². The summed E-state index contributed by atoms with van der Waals surface area (Å²) in [6, 6.07) is 4.54. The zero-order valence-corrected chi connectivity index (χ0v) is 13.0. The maximum atomic E-state index is 6.01. The molecule has 1 aromatic carbocycles. The highest BCUT2D eigenvalue weighted by atomic mass is 16.5. The summed E-state index contributed by atoms with van der Waals surface area (Å²) in [4.78, 5) is 2.61. The number of rotatable bonds is 2. The second-order valence-electron chi connectivity index (χ2n) is 6.66. The molecule has 0 aromatic heterocycles. The van der Waals surface area contributed by atoms with Crippen LogP contribution in [0.3, 0.4) is 0 Å². The first-order chi connectivity index (χ1) is 9.72. The molecule has 3 rings (SSSR count). The van der Waals surface area contributed by atoms with Crippen molar-refractivity contribution in [3.63, 3.8) is 0 Å². The summed E-state index contributed by atoms with van der Waals surface area (Å²) in [7, 11) is 0. The van der Waals surface area contributed by atoms with Crippen LogP contribution >= 0.6 is 0 Å². The third-order valence-corrected chi connectivity index (χ3v) is 4.78. The molecule has 0 saturated heterocycles. The molecule has 0 bridgehead atoms. The molecule has 0 amide bonds. The maximum Gasteiger partial charge on any atom is 0.126 e. The average molecular weight is 273 g/mol. The van der Waals surface area contributed by atoms with Crippen LogP contribution in [0.15, 0.2) is 12.1 Å². The third kappa shape index (κ3) is 3.17. The Hall–Kier alpha value is -1.02. The van der Waals surface area contributed by atoms with E-state index >= 15 is 0 Å². The maximum absolute atomic E-state index is 6.01. The van der Waals surface area contributed by atoms with E-state index in [2.05, 4.69) is 30.9 Å². The van der Waals surface area contributed by atoms with E-state index in [4.69, 9.17) is 4.74 Å². The Balaban J connectivity index is 1.72. The minimum Gasteiger partial charge on any atom is -0.492 e. The first-order valence-electron chi connectivity index (χ1n) is 8.17. The number of aryl methyl sites for hydroxylation is 2. The zero-order valence-electron chi connectivity index (χ0n) is 13.0. The summed E-state index contributed by atoms with van der Waals surface area (Å²) in [6.07, 6.45) is 7.17. The molecule has 1 aliphatic heterocycles. The molecule has 0 spiro atoms. The monoisotopic (exact) mass is 273 g/mol. The summed E-state index contributed by atoms with van der Waals surface area (Å²) < 4.78 is 6.01. The zero-order chi connectivity index (χ0) is 13.9. The lowest BCUT2D eigenvalue weighted by molar-refractivity contribution is 0.178. The fourth-order valence-corrected chi connectivity index (χ4v) is 3.85. The molecule has 1 heterocycles. The molecule has 0 unspecified atom stereocenters. The van der Waals surface area contributed by atoms with E-state index in [0.29, 0.717) is 0 Å². The molecule has 0 atom stereocenters. The summed E-state index contributed by atoms with van der Waals surface area (Å²) in [5, 5.41) is 0. The van der Waals surface area contributed by atoms with E-state index in [1.165, 1.54) is 55.3 Å². The van der Waals surface area contributed by atoms with Crippen LogP contribution in [-0.4, -0.2) is 24.6 Å². The van der Waals surface area contributed by atoms with Crippen molar-refractivity contribution >= 4 is 0 Å². The Kier molecular flexibility index (Phi) is 4.30. The normalized spacial score (nSPS) is 21.1. The quantitative estimate of drug-likeness (QED) is 0.805. The van der Waals surface area contributed by atoms with Gasteiger partial charge in [0.05, 0.1) is 0 Å². The largest absolute Gasteiger partial charge is 0.492 e. The van der Waals surface area contributed by atoms with Crippen molar-refractivity contribution in [3.05, 3.63) is 28.8 Å². The van der Waals surface area contributed by atoms with Gasteiger partial charge in [-0.25, -0.2) is 0 Å². The van der Waals surface area contributed by atoms with Crippen LogP contribution in [0.4, 0.5) is 0 Å². The van der Waals surface area contributed by atoms with Crippen LogP contribution in [0.1, 0.15) is 48.8 Å². The lowest BCUT2D eigenvalue weighted by Gasteiger charge is -2.28. The van der Waals surface area contributed by atoms with E-state index < -0.39 is 0 Å². The van der Waals surface area contributed by atoms with Gasteiger partial charge >= 0.3 is 0 Å². The topological polar surface area (TPSA) is 12.5 Å². The highest BCUT2D eigenvalue weighted by Gasteiger charge is 2.21. The van der Waals surface area contributed by atoms with Crippen LogP contribution in [0, 0.1) is 19.8 Å². The first-order valence-corrected chi connectivity index (χ1v) is 8.17. The molecule has 1 aromatic rings. The average Bonchev–Trinajstić information content (AvgIpc) is 2.62. The van der Waals surface area contributed by atoms with Crippen molar-refractivity contribution in [3.8, 4) is 5.75 Å². The molecule has 1 fully saturated rings. The molecule has 1 saturated carbocycles. The van der Waals surface area contributed by atoms with E-state index in [1.54, 1.807) is 0 Å². The Bertz CT molecular complexity index is 463. The number of nitrogens with zero attached hydrogens (tertiary/aromatic N) is 1. The summed E-state index contributed by atoms with van der Waals surface area (Å²) >= 11 is 0. The van der Waals surface area contributed by atoms with Crippen molar-refractivity contribution < 1.29 is 4.74 Å². The SMILES string of the molecule is Cc1cc(C)c2c(c1)CN(CC1CCCCC1)CCO2. The lowest BCUT2D eigenvalue weighted by atomic mass is 9.89. The van der Waals surface area contributed by atoms with Gasteiger partial charge in [-0.3, -0.25) is 4.90 Å². The molecule has 20 heavy (non-hydrogen) atoms. The van der Waals surface area contributed by atoms with Crippen LogP contribution in [0.2, 0.25) is 0 Å². The summed E-state index contributed by atoms with van der Waals surface area (Å²) in [5.74, 6) is 2.05. The Labute approximate surface area is 123 Å². The lowest BCUT2D eigenvalue weighted by Crippen LogP contribution is -2.32.